The highest BCUT2D eigenvalue weighted by molar-refractivity contribution is 7.80. The lowest BCUT2D eigenvalue weighted by Crippen LogP contribution is -2.53. The SMILES string of the molecule is O=c1cccc2n1C[C@@H]1C[C@H]2CN(C(=S)NC2CC3C=CC2C3)C1. The van der Waals surface area contributed by atoms with Crippen molar-refractivity contribution in [3.8, 4) is 0 Å². The minimum Gasteiger partial charge on any atom is -0.359 e. The minimum absolute atomic E-state index is 0.144. The van der Waals surface area contributed by atoms with Crippen molar-refractivity contribution in [2.45, 2.75) is 37.8 Å². The molecule has 0 amide bonds. The zero-order chi connectivity index (χ0) is 16.3. The van der Waals surface area contributed by atoms with Gasteiger partial charge in [0, 0.05) is 43.4 Å². The molecule has 1 aromatic heterocycles. The second-order valence-corrected chi connectivity index (χ2v) is 8.33. The van der Waals surface area contributed by atoms with Gasteiger partial charge in [0.15, 0.2) is 5.11 Å². The van der Waals surface area contributed by atoms with E-state index in [4.69, 9.17) is 12.2 Å². The molecule has 1 aromatic rings. The van der Waals surface area contributed by atoms with Crippen LogP contribution in [0.5, 0.6) is 0 Å². The fourth-order valence-electron chi connectivity index (χ4n) is 5.26. The molecule has 2 aliphatic carbocycles. The van der Waals surface area contributed by atoms with E-state index in [1.165, 1.54) is 25.0 Å². The average molecular weight is 341 g/mol. The molecule has 4 nitrogen and oxygen atoms in total. The maximum atomic E-state index is 12.1. The van der Waals surface area contributed by atoms with E-state index < -0.39 is 0 Å². The van der Waals surface area contributed by atoms with E-state index in [1.54, 1.807) is 6.07 Å². The molecule has 5 heteroatoms. The Hall–Kier alpha value is -1.62. The lowest BCUT2D eigenvalue weighted by Gasteiger charge is -2.44. The van der Waals surface area contributed by atoms with Gasteiger partial charge in [0.25, 0.3) is 5.56 Å². The topological polar surface area (TPSA) is 37.3 Å². The molecule has 2 aliphatic heterocycles. The molecule has 0 radical (unpaired) electrons. The smallest absolute Gasteiger partial charge is 0.250 e. The molecule has 4 bridgehead atoms. The maximum Gasteiger partial charge on any atom is 0.250 e. The Balaban J connectivity index is 1.32. The van der Waals surface area contributed by atoms with Gasteiger partial charge in [0.05, 0.1) is 0 Å². The molecule has 0 aromatic carbocycles. The second-order valence-electron chi connectivity index (χ2n) is 7.94. The molecule has 3 heterocycles. The molecule has 0 spiro atoms. The summed E-state index contributed by atoms with van der Waals surface area (Å²) in [6.45, 7) is 2.74. The highest BCUT2D eigenvalue weighted by Crippen LogP contribution is 2.39. The Bertz CT molecular complexity index is 770. The van der Waals surface area contributed by atoms with E-state index in [9.17, 15) is 4.79 Å². The first-order valence-corrected chi connectivity index (χ1v) is 9.51. The first kappa shape index (κ1) is 14.7. The standard InChI is InChI=1S/C19H23N3OS/c23-18-3-1-2-17-15-7-13(10-22(17)18)9-21(11-15)19(24)20-16-8-12-4-5-14(16)6-12/h1-5,12-16H,6-11H2,(H,20,24)/t12?,13-,14?,15+,16?/m1/s1. The largest absolute Gasteiger partial charge is 0.359 e. The van der Waals surface area contributed by atoms with Crippen LogP contribution in [0.2, 0.25) is 0 Å². The number of piperidine rings is 1. The Morgan fingerprint density at radius 3 is 2.83 bits per heavy atom. The summed E-state index contributed by atoms with van der Waals surface area (Å²) < 4.78 is 1.98. The van der Waals surface area contributed by atoms with Crippen LogP contribution < -0.4 is 10.9 Å². The molecule has 5 rings (SSSR count). The minimum atomic E-state index is 0.144. The van der Waals surface area contributed by atoms with Crippen LogP contribution in [0, 0.1) is 17.8 Å². The van der Waals surface area contributed by atoms with Crippen molar-refractivity contribution < 1.29 is 0 Å². The summed E-state index contributed by atoms with van der Waals surface area (Å²) in [6, 6.07) is 6.20. The highest BCUT2D eigenvalue weighted by Gasteiger charge is 2.38. The van der Waals surface area contributed by atoms with E-state index in [-0.39, 0.29) is 5.56 Å². The van der Waals surface area contributed by atoms with Crippen LogP contribution in [0.1, 0.15) is 30.9 Å². The third-order valence-corrected chi connectivity index (χ3v) is 6.73. The normalized spacial score (nSPS) is 35.8. The number of hydrogen-bond acceptors (Lipinski definition) is 2. The van der Waals surface area contributed by atoms with Gasteiger partial charge < -0.3 is 14.8 Å². The lowest BCUT2D eigenvalue weighted by molar-refractivity contribution is 0.176. The number of aromatic nitrogens is 1. The summed E-state index contributed by atoms with van der Waals surface area (Å²) in [7, 11) is 0. The molecular formula is C19H23N3OS. The molecule has 24 heavy (non-hydrogen) atoms. The van der Waals surface area contributed by atoms with Gasteiger partial charge in [0.1, 0.15) is 0 Å². The van der Waals surface area contributed by atoms with Crippen LogP contribution in [0.3, 0.4) is 0 Å². The molecule has 126 valence electrons. The van der Waals surface area contributed by atoms with E-state index in [2.05, 4.69) is 28.4 Å². The Morgan fingerprint density at radius 2 is 2.04 bits per heavy atom. The monoisotopic (exact) mass is 341 g/mol. The highest BCUT2D eigenvalue weighted by atomic mass is 32.1. The van der Waals surface area contributed by atoms with Gasteiger partial charge in [-0.2, -0.15) is 0 Å². The maximum absolute atomic E-state index is 12.1. The summed E-state index contributed by atoms with van der Waals surface area (Å²) in [5.41, 5.74) is 1.33. The molecule has 1 N–H and O–H groups in total. The van der Waals surface area contributed by atoms with Crippen LogP contribution in [0.4, 0.5) is 0 Å². The number of allylic oxidation sites excluding steroid dienone is 1. The summed E-state index contributed by atoms with van der Waals surface area (Å²) >= 11 is 5.75. The number of rotatable bonds is 1. The van der Waals surface area contributed by atoms with E-state index in [0.717, 1.165) is 30.7 Å². The number of pyridine rings is 1. The second kappa shape index (κ2) is 5.45. The number of likely N-dealkylation sites (tertiary alicyclic amines) is 1. The number of nitrogens with one attached hydrogen (secondary N) is 1. The van der Waals surface area contributed by atoms with Gasteiger partial charge >= 0.3 is 0 Å². The third-order valence-electron chi connectivity index (χ3n) is 6.35. The number of thiocarbonyl (C=S) groups is 1. The molecule has 1 saturated heterocycles. The Kier molecular flexibility index (Phi) is 3.34. The average Bonchev–Trinajstić information content (AvgIpc) is 3.18. The van der Waals surface area contributed by atoms with Crippen LogP contribution in [-0.4, -0.2) is 33.7 Å². The quantitative estimate of drug-likeness (QED) is 0.627. The first-order valence-electron chi connectivity index (χ1n) is 9.11. The van der Waals surface area contributed by atoms with Crippen molar-refractivity contribution in [1.29, 1.82) is 0 Å². The van der Waals surface area contributed by atoms with Crippen molar-refractivity contribution in [3.05, 3.63) is 46.4 Å². The van der Waals surface area contributed by atoms with Crippen LogP contribution in [-0.2, 0) is 6.54 Å². The molecule has 3 unspecified atom stereocenters. The van der Waals surface area contributed by atoms with Crippen molar-refractivity contribution in [2.24, 2.45) is 17.8 Å². The summed E-state index contributed by atoms with van der Waals surface area (Å²) in [5.74, 6) is 2.37. The van der Waals surface area contributed by atoms with E-state index >= 15 is 0 Å². The van der Waals surface area contributed by atoms with Gasteiger partial charge in [-0.05, 0) is 55.3 Å². The van der Waals surface area contributed by atoms with Gasteiger partial charge in [-0.3, -0.25) is 4.79 Å². The summed E-state index contributed by atoms with van der Waals surface area (Å²) in [6.07, 6.45) is 8.43. The van der Waals surface area contributed by atoms with Crippen LogP contribution >= 0.6 is 12.2 Å². The lowest BCUT2D eigenvalue weighted by atomic mass is 9.83. The molecule has 1 saturated carbocycles. The fourth-order valence-corrected chi connectivity index (χ4v) is 5.56. The predicted molar refractivity (Wildman–Crippen MR) is 98.0 cm³/mol. The molecule has 4 aliphatic rings. The van der Waals surface area contributed by atoms with Gasteiger partial charge in [0.2, 0.25) is 0 Å². The predicted octanol–water partition coefficient (Wildman–Crippen LogP) is 2.11. The van der Waals surface area contributed by atoms with Crippen LogP contribution in [0.25, 0.3) is 0 Å². The Labute approximate surface area is 147 Å². The zero-order valence-corrected chi connectivity index (χ0v) is 14.5. The first-order chi connectivity index (χ1) is 11.7. The van der Waals surface area contributed by atoms with Crippen molar-refractivity contribution in [1.82, 2.24) is 14.8 Å². The van der Waals surface area contributed by atoms with Crippen LogP contribution in [0.15, 0.2) is 35.1 Å². The molecular weight excluding hydrogens is 318 g/mol. The van der Waals surface area contributed by atoms with Gasteiger partial charge in [-0.15, -0.1) is 0 Å². The van der Waals surface area contributed by atoms with Crippen molar-refractivity contribution in [3.63, 3.8) is 0 Å². The van der Waals surface area contributed by atoms with Crippen molar-refractivity contribution >= 4 is 17.3 Å². The Morgan fingerprint density at radius 1 is 1.12 bits per heavy atom. The number of hydrogen-bond donors (Lipinski definition) is 1. The number of nitrogens with zero attached hydrogens (tertiary/aromatic N) is 2. The summed E-state index contributed by atoms with van der Waals surface area (Å²) in [5, 5.41) is 4.56. The molecule has 5 atom stereocenters. The molecule has 2 fully saturated rings. The number of fused-ring (bicyclic) bond motifs is 6. The third kappa shape index (κ3) is 2.32. The summed E-state index contributed by atoms with van der Waals surface area (Å²) in [4.78, 5) is 14.5. The fraction of sp³-hybridized carbons (Fsp3) is 0.579. The van der Waals surface area contributed by atoms with E-state index in [1.807, 2.05) is 10.6 Å². The zero-order valence-electron chi connectivity index (χ0n) is 13.7. The van der Waals surface area contributed by atoms with Gasteiger partial charge in [-0.1, -0.05) is 18.2 Å². The van der Waals surface area contributed by atoms with E-state index in [0.29, 0.717) is 23.8 Å². The van der Waals surface area contributed by atoms with Crippen molar-refractivity contribution in [2.75, 3.05) is 13.1 Å². The van der Waals surface area contributed by atoms with Gasteiger partial charge in [-0.25, -0.2) is 0 Å².